The van der Waals surface area contributed by atoms with Gasteiger partial charge in [-0.05, 0) is 38.9 Å². The van der Waals surface area contributed by atoms with Crippen LogP contribution < -0.4 is 11.1 Å². The van der Waals surface area contributed by atoms with Crippen molar-refractivity contribution in [3.8, 4) is 0 Å². The average Bonchev–Trinajstić information content (AvgIpc) is 2.62. The van der Waals surface area contributed by atoms with E-state index in [-0.39, 0.29) is 16.7 Å². The normalized spacial score (nSPS) is 25.8. The second kappa shape index (κ2) is 5.92. The highest BCUT2D eigenvalue weighted by atomic mass is 32.2. The van der Waals surface area contributed by atoms with E-state index in [1.807, 2.05) is 0 Å². The molecule has 0 aliphatic heterocycles. The molecule has 94 valence electrons. The summed E-state index contributed by atoms with van der Waals surface area (Å²) in [7, 11) is 0. The third kappa shape index (κ3) is 4.34. The quantitative estimate of drug-likeness (QED) is 0.775. The van der Waals surface area contributed by atoms with Crippen molar-refractivity contribution in [2.45, 2.75) is 50.3 Å². The fourth-order valence-corrected chi connectivity index (χ4v) is 2.23. The third-order valence-corrected chi connectivity index (χ3v) is 4.68. The van der Waals surface area contributed by atoms with Crippen LogP contribution >= 0.6 is 11.8 Å². The largest absolute Gasteiger partial charge is 0.355 e. The van der Waals surface area contributed by atoms with Crippen LogP contribution in [-0.4, -0.2) is 29.5 Å². The molecule has 0 spiro atoms. The molecule has 1 amide bonds. The van der Waals surface area contributed by atoms with E-state index in [1.165, 1.54) is 6.42 Å². The number of thioether (sulfide) groups is 1. The number of rotatable bonds is 5. The van der Waals surface area contributed by atoms with Crippen LogP contribution in [0.1, 0.15) is 39.5 Å². The minimum Gasteiger partial charge on any atom is -0.355 e. The van der Waals surface area contributed by atoms with Gasteiger partial charge in [-0.15, -0.1) is 0 Å². The van der Waals surface area contributed by atoms with E-state index in [2.05, 4.69) is 25.4 Å². The van der Waals surface area contributed by atoms with Gasteiger partial charge < -0.3 is 11.1 Å². The summed E-state index contributed by atoms with van der Waals surface area (Å²) in [5, 5.41) is 3.01. The zero-order valence-corrected chi connectivity index (χ0v) is 11.4. The highest BCUT2D eigenvalue weighted by Gasteiger charge is 2.26. The summed E-state index contributed by atoms with van der Waals surface area (Å²) in [5.41, 5.74) is 5.95. The molecule has 0 unspecified atom stereocenters. The average molecular weight is 244 g/mol. The summed E-state index contributed by atoms with van der Waals surface area (Å²) in [6.45, 7) is 5.01. The van der Waals surface area contributed by atoms with Crippen molar-refractivity contribution in [2.24, 2.45) is 11.7 Å². The lowest BCUT2D eigenvalue weighted by atomic mass is 10.00. The summed E-state index contributed by atoms with van der Waals surface area (Å²) >= 11 is 1.77. The molecule has 1 aliphatic rings. The van der Waals surface area contributed by atoms with Gasteiger partial charge in [0, 0.05) is 23.8 Å². The van der Waals surface area contributed by atoms with E-state index in [0.29, 0.717) is 12.3 Å². The molecule has 0 radical (unpaired) electrons. The van der Waals surface area contributed by atoms with Gasteiger partial charge in [-0.1, -0.05) is 6.42 Å². The van der Waals surface area contributed by atoms with Crippen molar-refractivity contribution >= 4 is 17.7 Å². The molecule has 1 saturated carbocycles. The summed E-state index contributed by atoms with van der Waals surface area (Å²) < 4.78 is 0.119. The zero-order valence-electron chi connectivity index (χ0n) is 10.6. The number of nitrogens with two attached hydrogens (primary N) is 1. The van der Waals surface area contributed by atoms with Crippen molar-refractivity contribution in [2.75, 3.05) is 12.8 Å². The summed E-state index contributed by atoms with van der Waals surface area (Å²) in [5.74, 6) is 0.557. The number of nitrogens with one attached hydrogen (secondary N) is 1. The molecular formula is C12H24N2OS. The third-order valence-electron chi connectivity index (χ3n) is 3.43. The van der Waals surface area contributed by atoms with Crippen molar-refractivity contribution in [3.05, 3.63) is 0 Å². The lowest BCUT2D eigenvalue weighted by molar-refractivity contribution is -0.122. The van der Waals surface area contributed by atoms with Crippen LogP contribution in [0, 0.1) is 5.92 Å². The van der Waals surface area contributed by atoms with Crippen molar-refractivity contribution < 1.29 is 4.79 Å². The second-order valence-corrected chi connectivity index (χ2v) is 6.81. The molecule has 16 heavy (non-hydrogen) atoms. The molecular weight excluding hydrogens is 220 g/mol. The Morgan fingerprint density at radius 1 is 1.50 bits per heavy atom. The smallest absolute Gasteiger partial charge is 0.220 e. The van der Waals surface area contributed by atoms with Gasteiger partial charge in [0.25, 0.3) is 0 Å². The second-order valence-electron chi connectivity index (χ2n) is 5.30. The highest BCUT2D eigenvalue weighted by molar-refractivity contribution is 7.99. The van der Waals surface area contributed by atoms with Crippen LogP contribution in [0.5, 0.6) is 0 Å². The number of hydrogen-bond acceptors (Lipinski definition) is 3. The highest BCUT2D eigenvalue weighted by Crippen LogP contribution is 2.26. The monoisotopic (exact) mass is 244 g/mol. The molecule has 4 heteroatoms. The molecule has 3 nitrogen and oxygen atoms in total. The predicted molar refractivity (Wildman–Crippen MR) is 70.5 cm³/mol. The van der Waals surface area contributed by atoms with Gasteiger partial charge in [-0.25, -0.2) is 0 Å². The first-order chi connectivity index (χ1) is 7.44. The van der Waals surface area contributed by atoms with Crippen LogP contribution in [0.4, 0.5) is 0 Å². The van der Waals surface area contributed by atoms with Gasteiger partial charge in [-0.3, -0.25) is 4.79 Å². The molecule has 3 N–H and O–H groups in total. The maximum atomic E-state index is 11.7. The lowest BCUT2D eigenvalue weighted by Gasteiger charge is -2.23. The van der Waals surface area contributed by atoms with Gasteiger partial charge in [0.05, 0.1) is 0 Å². The Hall–Kier alpha value is -0.220. The standard InChI is InChI=1S/C12H24N2OS/c1-12(2,16-3)8-14-11(15)7-9-5-4-6-10(9)13/h9-10H,4-8,13H2,1-3H3,(H,14,15)/t9-,10+/m0/s1. The van der Waals surface area contributed by atoms with E-state index in [0.717, 1.165) is 19.4 Å². The summed E-state index contributed by atoms with van der Waals surface area (Å²) in [6.07, 6.45) is 6.04. The first-order valence-electron chi connectivity index (χ1n) is 6.02. The molecule has 0 aromatic carbocycles. The number of carbonyl (C=O) groups is 1. The molecule has 1 fully saturated rings. The van der Waals surface area contributed by atoms with Crippen molar-refractivity contribution in [3.63, 3.8) is 0 Å². The van der Waals surface area contributed by atoms with Gasteiger partial charge >= 0.3 is 0 Å². The van der Waals surface area contributed by atoms with Crippen molar-refractivity contribution in [1.29, 1.82) is 0 Å². The maximum Gasteiger partial charge on any atom is 0.220 e. The molecule has 1 rings (SSSR count). The maximum absolute atomic E-state index is 11.7. The lowest BCUT2D eigenvalue weighted by Crippen LogP contribution is -2.38. The molecule has 0 heterocycles. The molecule has 2 atom stereocenters. The number of carbonyl (C=O) groups excluding carboxylic acids is 1. The van der Waals surface area contributed by atoms with Crippen LogP contribution in [0.3, 0.4) is 0 Å². The topological polar surface area (TPSA) is 55.1 Å². The SMILES string of the molecule is CSC(C)(C)CNC(=O)C[C@@H]1CCC[C@H]1N. The van der Waals surface area contributed by atoms with E-state index in [1.54, 1.807) is 11.8 Å². The summed E-state index contributed by atoms with van der Waals surface area (Å²) in [4.78, 5) is 11.7. The van der Waals surface area contributed by atoms with Crippen molar-refractivity contribution in [1.82, 2.24) is 5.32 Å². The zero-order chi connectivity index (χ0) is 12.2. The summed E-state index contributed by atoms with van der Waals surface area (Å²) in [6, 6.07) is 0.235. The fraction of sp³-hybridized carbons (Fsp3) is 0.917. The molecule has 1 aliphatic carbocycles. The van der Waals surface area contributed by atoms with E-state index in [9.17, 15) is 4.79 Å². The van der Waals surface area contributed by atoms with Gasteiger partial charge in [0.1, 0.15) is 0 Å². The van der Waals surface area contributed by atoms with Crippen LogP contribution in [0.15, 0.2) is 0 Å². The molecule has 0 bridgehead atoms. The van der Waals surface area contributed by atoms with E-state index >= 15 is 0 Å². The number of amides is 1. The first-order valence-corrected chi connectivity index (χ1v) is 7.24. The Morgan fingerprint density at radius 3 is 2.69 bits per heavy atom. The molecule has 0 aromatic rings. The Morgan fingerprint density at radius 2 is 2.19 bits per heavy atom. The predicted octanol–water partition coefficient (Wildman–Crippen LogP) is 1.76. The molecule has 0 saturated heterocycles. The first kappa shape index (κ1) is 13.8. The van der Waals surface area contributed by atoms with Gasteiger partial charge in [0.15, 0.2) is 0 Å². The fourth-order valence-electron chi connectivity index (χ4n) is 2.01. The van der Waals surface area contributed by atoms with E-state index in [4.69, 9.17) is 5.73 Å². The Kier molecular flexibility index (Phi) is 5.12. The van der Waals surface area contributed by atoms with E-state index < -0.39 is 0 Å². The van der Waals surface area contributed by atoms with Gasteiger partial charge in [-0.2, -0.15) is 11.8 Å². The minimum absolute atomic E-state index is 0.119. The Labute approximate surface area is 103 Å². The number of hydrogen-bond donors (Lipinski definition) is 2. The van der Waals surface area contributed by atoms with Gasteiger partial charge in [0.2, 0.25) is 5.91 Å². The molecule has 0 aromatic heterocycles. The Balaban J connectivity index is 2.25. The Bertz CT molecular complexity index is 243. The van der Waals surface area contributed by atoms with Crippen LogP contribution in [0.2, 0.25) is 0 Å². The van der Waals surface area contributed by atoms with Crippen LogP contribution in [-0.2, 0) is 4.79 Å². The minimum atomic E-state index is 0.119. The van der Waals surface area contributed by atoms with Crippen LogP contribution in [0.25, 0.3) is 0 Å².